The second-order valence-electron chi connectivity index (χ2n) is 7.23. The molecular weight excluding hydrogens is 426 g/mol. The second kappa shape index (κ2) is 8.37. The van der Waals surface area contributed by atoms with E-state index in [0.717, 1.165) is 5.56 Å². The van der Waals surface area contributed by atoms with Crippen molar-refractivity contribution in [3.63, 3.8) is 0 Å². The molecule has 0 amide bonds. The van der Waals surface area contributed by atoms with Crippen LogP contribution in [0.1, 0.15) is 30.1 Å². The quantitative estimate of drug-likeness (QED) is 0.580. The van der Waals surface area contributed by atoms with Crippen molar-refractivity contribution in [3.05, 3.63) is 58.9 Å². The number of halogens is 1. The van der Waals surface area contributed by atoms with Crippen LogP contribution in [0.5, 0.6) is 5.75 Å². The topological polar surface area (TPSA) is 85.5 Å². The molecule has 3 aromatic rings. The smallest absolute Gasteiger partial charge is 0.258 e. The Bertz CT molecular complexity index is 1150. The van der Waals surface area contributed by atoms with Crippen LogP contribution in [0.15, 0.2) is 51.9 Å². The van der Waals surface area contributed by atoms with Crippen LogP contribution < -0.4 is 4.74 Å². The Kier molecular flexibility index (Phi) is 5.81. The van der Waals surface area contributed by atoms with Crippen LogP contribution in [0, 0.1) is 6.92 Å². The molecule has 0 unspecified atom stereocenters. The summed E-state index contributed by atoms with van der Waals surface area (Å²) in [5.74, 6) is 1.78. The molecule has 158 valence electrons. The monoisotopic (exact) mass is 447 g/mol. The van der Waals surface area contributed by atoms with E-state index in [9.17, 15) is 8.42 Å². The first kappa shape index (κ1) is 20.8. The highest BCUT2D eigenvalue weighted by Crippen LogP contribution is 2.32. The average molecular weight is 448 g/mol. The van der Waals surface area contributed by atoms with Gasteiger partial charge in [-0.15, -0.1) is 0 Å². The molecule has 30 heavy (non-hydrogen) atoms. The first-order valence-electron chi connectivity index (χ1n) is 9.63. The third kappa shape index (κ3) is 3.95. The summed E-state index contributed by atoms with van der Waals surface area (Å²) in [6.07, 6.45) is 1.24. The Labute approximate surface area is 180 Å². The molecule has 0 atom stereocenters. The summed E-state index contributed by atoms with van der Waals surface area (Å²) in [7, 11) is -1.99. The molecule has 9 heteroatoms. The van der Waals surface area contributed by atoms with Gasteiger partial charge < -0.3 is 9.26 Å². The summed E-state index contributed by atoms with van der Waals surface area (Å²) >= 11 is 6.12. The first-order valence-corrected chi connectivity index (χ1v) is 11.4. The zero-order valence-electron chi connectivity index (χ0n) is 16.7. The normalized spacial score (nSPS) is 16.0. The third-order valence-corrected chi connectivity index (χ3v) is 7.87. The first-order chi connectivity index (χ1) is 14.4. The molecule has 1 saturated heterocycles. The van der Waals surface area contributed by atoms with Gasteiger partial charge in [0.1, 0.15) is 5.75 Å². The minimum absolute atomic E-state index is 0.0417. The third-order valence-electron chi connectivity index (χ3n) is 5.41. The Morgan fingerprint density at radius 3 is 2.63 bits per heavy atom. The molecule has 2 heterocycles. The van der Waals surface area contributed by atoms with Crippen LogP contribution >= 0.6 is 11.6 Å². The summed E-state index contributed by atoms with van der Waals surface area (Å²) < 4.78 is 38.3. The molecule has 0 N–H and O–H groups in total. The van der Waals surface area contributed by atoms with Crippen LogP contribution in [0.3, 0.4) is 0 Å². The molecule has 2 aromatic carbocycles. The van der Waals surface area contributed by atoms with Gasteiger partial charge >= 0.3 is 0 Å². The molecule has 1 fully saturated rings. The van der Waals surface area contributed by atoms with Crippen molar-refractivity contribution in [2.45, 2.75) is 30.6 Å². The fraction of sp³-hybridized carbons (Fsp3) is 0.333. The van der Waals surface area contributed by atoms with Gasteiger partial charge in [-0.3, -0.25) is 0 Å². The largest absolute Gasteiger partial charge is 0.497 e. The maximum Gasteiger partial charge on any atom is 0.258 e. The van der Waals surface area contributed by atoms with Gasteiger partial charge in [-0.25, -0.2) is 8.42 Å². The van der Waals surface area contributed by atoms with E-state index < -0.39 is 10.0 Å². The standard InChI is InChI=1S/C21H22ClN3O4S/c1-14-18(22)7-4-8-19(14)30(26,27)25-11-9-15(10-12-25)20-23-21(29-24-20)16-5-3-6-17(13-16)28-2/h3-8,13,15H,9-12H2,1-2H3. The fourth-order valence-electron chi connectivity index (χ4n) is 3.63. The summed E-state index contributed by atoms with van der Waals surface area (Å²) in [5.41, 5.74) is 1.35. The van der Waals surface area contributed by atoms with Crippen molar-refractivity contribution in [2.75, 3.05) is 20.2 Å². The number of aromatic nitrogens is 2. The summed E-state index contributed by atoms with van der Waals surface area (Å²) in [5, 5.41) is 4.58. The van der Waals surface area contributed by atoms with Gasteiger partial charge in [-0.05, 0) is 55.7 Å². The van der Waals surface area contributed by atoms with Gasteiger partial charge in [0.2, 0.25) is 10.0 Å². The molecule has 1 aromatic heterocycles. The predicted molar refractivity (Wildman–Crippen MR) is 113 cm³/mol. The highest BCUT2D eigenvalue weighted by Gasteiger charge is 2.33. The van der Waals surface area contributed by atoms with Gasteiger partial charge in [0.25, 0.3) is 5.89 Å². The van der Waals surface area contributed by atoms with Crippen molar-refractivity contribution in [3.8, 4) is 17.2 Å². The van der Waals surface area contributed by atoms with E-state index in [-0.39, 0.29) is 10.8 Å². The summed E-state index contributed by atoms with van der Waals surface area (Å²) in [4.78, 5) is 4.79. The number of benzene rings is 2. The molecule has 0 spiro atoms. The van der Waals surface area contributed by atoms with Gasteiger partial charge in [-0.1, -0.05) is 28.9 Å². The maximum absolute atomic E-state index is 13.1. The molecule has 1 aliphatic rings. The van der Waals surface area contributed by atoms with Crippen LogP contribution in [0.25, 0.3) is 11.5 Å². The van der Waals surface area contributed by atoms with Crippen molar-refractivity contribution < 1.29 is 17.7 Å². The molecule has 1 aliphatic heterocycles. The minimum atomic E-state index is -3.60. The van der Waals surface area contributed by atoms with E-state index in [1.807, 2.05) is 24.3 Å². The van der Waals surface area contributed by atoms with E-state index >= 15 is 0 Å². The van der Waals surface area contributed by atoms with E-state index in [0.29, 0.717) is 54.0 Å². The zero-order chi connectivity index (χ0) is 21.3. The lowest BCUT2D eigenvalue weighted by Gasteiger charge is -2.30. The number of nitrogens with zero attached hydrogens (tertiary/aromatic N) is 3. The van der Waals surface area contributed by atoms with Gasteiger partial charge in [0, 0.05) is 29.6 Å². The lowest BCUT2D eigenvalue weighted by atomic mass is 9.97. The van der Waals surface area contributed by atoms with Gasteiger partial charge in [0.15, 0.2) is 5.82 Å². The lowest BCUT2D eigenvalue weighted by Crippen LogP contribution is -2.38. The minimum Gasteiger partial charge on any atom is -0.497 e. The number of methoxy groups -OCH3 is 1. The molecule has 0 bridgehead atoms. The van der Waals surface area contributed by atoms with Gasteiger partial charge in [-0.2, -0.15) is 9.29 Å². The number of piperidine rings is 1. The van der Waals surface area contributed by atoms with Crippen molar-refractivity contribution in [1.82, 2.24) is 14.4 Å². The van der Waals surface area contributed by atoms with Crippen LogP contribution in [-0.2, 0) is 10.0 Å². The Morgan fingerprint density at radius 1 is 1.17 bits per heavy atom. The zero-order valence-corrected chi connectivity index (χ0v) is 18.3. The highest BCUT2D eigenvalue weighted by molar-refractivity contribution is 7.89. The van der Waals surface area contributed by atoms with Crippen LogP contribution in [-0.4, -0.2) is 43.1 Å². The molecule has 0 radical (unpaired) electrons. The summed E-state index contributed by atoms with van der Waals surface area (Å²) in [6.45, 7) is 2.51. The van der Waals surface area contributed by atoms with E-state index in [1.165, 1.54) is 4.31 Å². The molecule has 4 rings (SSSR count). The molecule has 0 aliphatic carbocycles. The van der Waals surface area contributed by atoms with Crippen molar-refractivity contribution >= 4 is 21.6 Å². The highest BCUT2D eigenvalue weighted by atomic mass is 35.5. The van der Waals surface area contributed by atoms with E-state index in [4.69, 9.17) is 20.9 Å². The van der Waals surface area contributed by atoms with E-state index in [2.05, 4.69) is 10.1 Å². The predicted octanol–water partition coefficient (Wildman–Crippen LogP) is 4.28. The summed E-state index contributed by atoms with van der Waals surface area (Å²) in [6, 6.07) is 12.4. The lowest BCUT2D eigenvalue weighted by molar-refractivity contribution is 0.307. The van der Waals surface area contributed by atoms with E-state index in [1.54, 1.807) is 32.2 Å². The average Bonchev–Trinajstić information content (AvgIpc) is 3.26. The van der Waals surface area contributed by atoms with Crippen LogP contribution in [0.2, 0.25) is 5.02 Å². The maximum atomic E-state index is 13.1. The molecule has 7 nitrogen and oxygen atoms in total. The Balaban J connectivity index is 1.47. The fourth-order valence-corrected chi connectivity index (χ4v) is 5.58. The Hall–Kier alpha value is -2.42. The number of hydrogen-bond donors (Lipinski definition) is 0. The van der Waals surface area contributed by atoms with Crippen LogP contribution in [0.4, 0.5) is 0 Å². The van der Waals surface area contributed by atoms with Crippen molar-refractivity contribution in [2.24, 2.45) is 0 Å². The second-order valence-corrected chi connectivity index (χ2v) is 9.54. The van der Waals surface area contributed by atoms with Gasteiger partial charge in [0.05, 0.1) is 12.0 Å². The SMILES string of the molecule is COc1cccc(-c2nc(C3CCN(S(=O)(=O)c4cccc(Cl)c4C)CC3)no2)c1. The number of hydrogen-bond acceptors (Lipinski definition) is 6. The number of sulfonamides is 1. The molecular formula is C21H22ClN3O4S. The molecule has 0 saturated carbocycles. The van der Waals surface area contributed by atoms with Crippen molar-refractivity contribution in [1.29, 1.82) is 0 Å². The number of rotatable bonds is 5. The number of ether oxygens (including phenoxy) is 1. The Morgan fingerprint density at radius 2 is 1.90 bits per heavy atom.